The zero-order valence-corrected chi connectivity index (χ0v) is 13.2. The number of ketones is 1. The molecule has 0 spiro atoms. The Balaban J connectivity index is 2.07. The summed E-state index contributed by atoms with van der Waals surface area (Å²) in [5, 5.41) is 19.8. The number of rotatable bonds is 3. The summed E-state index contributed by atoms with van der Waals surface area (Å²) in [7, 11) is 1.48. The van der Waals surface area contributed by atoms with Crippen molar-refractivity contribution >= 4 is 5.78 Å². The summed E-state index contributed by atoms with van der Waals surface area (Å²) >= 11 is 0. The number of benzene rings is 2. The van der Waals surface area contributed by atoms with Gasteiger partial charge in [-0.05, 0) is 36.8 Å². The van der Waals surface area contributed by atoms with Crippen LogP contribution in [0.25, 0.3) is 0 Å². The lowest BCUT2D eigenvalue weighted by Gasteiger charge is -2.17. The number of hydrogen-bond donors (Lipinski definition) is 2. The molecule has 0 fully saturated rings. The number of aromatic hydroxyl groups is 2. The quantitative estimate of drug-likeness (QED) is 0.847. The van der Waals surface area contributed by atoms with Gasteiger partial charge in [-0.15, -0.1) is 0 Å². The van der Waals surface area contributed by atoms with Gasteiger partial charge in [0.25, 0.3) is 0 Å². The van der Waals surface area contributed by atoms with Gasteiger partial charge in [-0.1, -0.05) is 13.0 Å². The molecule has 0 aromatic heterocycles. The second kappa shape index (κ2) is 5.50. The van der Waals surface area contributed by atoms with E-state index >= 15 is 0 Å². The summed E-state index contributed by atoms with van der Waals surface area (Å²) in [4.78, 5) is 11.9. The van der Waals surface area contributed by atoms with Crippen LogP contribution >= 0.6 is 0 Å². The number of ether oxygens (including phenoxy) is 2. The van der Waals surface area contributed by atoms with Crippen LogP contribution in [0.4, 0.5) is 0 Å². The molecule has 23 heavy (non-hydrogen) atoms. The molecule has 1 heterocycles. The average Bonchev–Trinajstić information content (AvgIpc) is 2.87. The third-order valence-corrected chi connectivity index (χ3v) is 4.24. The fraction of sp³-hybridized carbons (Fsp3) is 0.278. The highest BCUT2D eigenvalue weighted by Gasteiger charge is 2.37. The van der Waals surface area contributed by atoms with Crippen molar-refractivity contribution in [2.75, 3.05) is 7.11 Å². The van der Waals surface area contributed by atoms with Gasteiger partial charge >= 0.3 is 0 Å². The summed E-state index contributed by atoms with van der Waals surface area (Å²) in [6, 6.07) is 8.08. The first kappa shape index (κ1) is 15.2. The molecule has 0 amide bonds. The van der Waals surface area contributed by atoms with Crippen molar-refractivity contribution in [1.82, 2.24) is 0 Å². The lowest BCUT2D eigenvalue weighted by atomic mass is 9.88. The van der Waals surface area contributed by atoms with E-state index in [2.05, 4.69) is 0 Å². The molecular weight excluding hydrogens is 296 g/mol. The highest BCUT2D eigenvalue weighted by molar-refractivity contribution is 5.97. The van der Waals surface area contributed by atoms with Crippen molar-refractivity contribution in [2.24, 2.45) is 0 Å². The molecule has 1 aliphatic heterocycles. The smallest absolute Gasteiger partial charge is 0.166 e. The highest BCUT2D eigenvalue weighted by atomic mass is 16.5. The van der Waals surface area contributed by atoms with Gasteiger partial charge in [-0.2, -0.15) is 0 Å². The van der Waals surface area contributed by atoms with Gasteiger partial charge in [0.05, 0.1) is 7.11 Å². The maximum absolute atomic E-state index is 11.9. The number of fused-ring (bicyclic) bond motifs is 1. The first-order valence-electron chi connectivity index (χ1n) is 7.34. The standard InChI is InChI=1S/C18H18O5/c1-9-16-12(10(2)19)5-7-14(21)18(16)23-17(9)11-4-6-13(20)15(8-11)22-3/h4-9,17,20-21H,1-3H3/t9-,17-/m1/s1. The Morgan fingerprint density at radius 1 is 1.17 bits per heavy atom. The Hall–Kier alpha value is -2.69. The Labute approximate surface area is 134 Å². The number of phenolic OH excluding ortho intramolecular Hbond substituents is 2. The second-order valence-corrected chi connectivity index (χ2v) is 5.69. The summed E-state index contributed by atoms with van der Waals surface area (Å²) in [5.41, 5.74) is 2.07. The molecule has 0 unspecified atom stereocenters. The van der Waals surface area contributed by atoms with Crippen LogP contribution in [0.3, 0.4) is 0 Å². The van der Waals surface area contributed by atoms with Gasteiger partial charge in [0.2, 0.25) is 0 Å². The zero-order valence-electron chi connectivity index (χ0n) is 13.2. The molecule has 2 N–H and O–H groups in total. The van der Waals surface area contributed by atoms with E-state index in [0.717, 1.165) is 11.1 Å². The second-order valence-electron chi connectivity index (χ2n) is 5.69. The molecule has 2 aromatic carbocycles. The number of methoxy groups -OCH3 is 1. The van der Waals surface area contributed by atoms with E-state index in [4.69, 9.17) is 9.47 Å². The van der Waals surface area contributed by atoms with Crippen LogP contribution in [-0.4, -0.2) is 23.1 Å². The van der Waals surface area contributed by atoms with Crippen molar-refractivity contribution in [1.29, 1.82) is 0 Å². The molecule has 5 nitrogen and oxygen atoms in total. The Morgan fingerprint density at radius 2 is 1.87 bits per heavy atom. The Bertz CT molecular complexity index is 781. The van der Waals surface area contributed by atoms with Crippen molar-refractivity contribution in [3.05, 3.63) is 47.0 Å². The van der Waals surface area contributed by atoms with Crippen molar-refractivity contribution in [3.63, 3.8) is 0 Å². The van der Waals surface area contributed by atoms with E-state index in [9.17, 15) is 15.0 Å². The SMILES string of the molecule is COc1cc([C@@H]2Oc3c(O)ccc(C(C)=O)c3[C@H]2C)ccc1O. The molecule has 5 heteroatoms. The van der Waals surface area contributed by atoms with Gasteiger partial charge in [-0.25, -0.2) is 0 Å². The van der Waals surface area contributed by atoms with Crippen molar-refractivity contribution < 1.29 is 24.5 Å². The topological polar surface area (TPSA) is 76.0 Å². The fourth-order valence-electron chi connectivity index (χ4n) is 3.08. The van der Waals surface area contributed by atoms with Crippen LogP contribution < -0.4 is 9.47 Å². The van der Waals surface area contributed by atoms with Crippen LogP contribution in [0.1, 0.15) is 47.4 Å². The number of carbonyl (C=O) groups is 1. The minimum atomic E-state index is -0.370. The highest BCUT2D eigenvalue weighted by Crippen LogP contribution is 2.51. The Kier molecular flexibility index (Phi) is 3.64. The van der Waals surface area contributed by atoms with Crippen LogP contribution in [0.5, 0.6) is 23.0 Å². The number of phenols is 2. The fourth-order valence-corrected chi connectivity index (χ4v) is 3.08. The minimum Gasteiger partial charge on any atom is -0.504 e. The van der Waals surface area contributed by atoms with Crippen LogP contribution in [0.2, 0.25) is 0 Å². The normalized spacial score (nSPS) is 19.1. The third kappa shape index (κ3) is 2.38. The predicted octanol–water partition coefficient (Wildman–Crippen LogP) is 3.55. The van der Waals surface area contributed by atoms with E-state index in [1.807, 2.05) is 6.92 Å². The lowest BCUT2D eigenvalue weighted by Crippen LogP contribution is -2.08. The molecule has 3 rings (SSSR count). The molecule has 2 aromatic rings. The van der Waals surface area contributed by atoms with E-state index in [1.165, 1.54) is 20.1 Å². The summed E-state index contributed by atoms with van der Waals surface area (Å²) < 4.78 is 11.1. The molecule has 1 aliphatic rings. The average molecular weight is 314 g/mol. The van der Waals surface area contributed by atoms with Crippen LogP contribution in [0.15, 0.2) is 30.3 Å². The molecule has 0 radical (unpaired) electrons. The number of Topliss-reactive ketones (excluding diaryl/α,β-unsaturated/α-hetero) is 1. The lowest BCUT2D eigenvalue weighted by molar-refractivity contribution is 0.101. The minimum absolute atomic E-state index is 0.0186. The van der Waals surface area contributed by atoms with Gasteiger partial charge < -0.3 is 19.7 Å². The molecule has 0 bridgehead atoms. The number of hydrogen-bond acceptors (Lipinski definition) is 5. The first-order valence-corrected chi connectivity index (χ1v) is 7.34. The maximum Gasteiger partial charge on any atom is 0.166 e. The largest absolute Gasteiger partial charge is 0.504 e. The molecule has 120 valence electrons. The number of carbonyl (C=O) groups excluding carboxylic acids is 1. The van der Waals surface area contributed by atoms with E-state index in [-0.39, 0.29) is 29.3 Å². The predicted molar refractivity (Wildman–Crippen MR) is 84.6 cm³/mol. The van der Waals surface area contributed by atoms with Gasteiger partial charge in [0, 0.05) is 17.0 Å². The molecular formula is C18H18O5. The summed E-state index contributed by atoms with van der Waals surface area (Å²) in [5.74, 6) is 0.579. The zero-order chi connectivity index (χ0) is 16.7. The monoisotopic (exact) mass is 314 g/mol. The molecule has 0 aliphatic carbocycles. The van der Waals surface area contributed by atoms with Crippen molar-refractivity contribution in [2.45, 2.75) is 25.9 Å². The first-order chi connectivity index (χ1) is 10.9. The van der Waals surface area contributed by atoms with Crippen LogP contribution in [-0.2, 0) is 0 Å². The summed E-state index contributed by atoms with van der Waals surface area (Å²) in [6.07, 6.45) is -0.370. The van der Waals surface area contributed by atoms with Crippen LogP contribution in [0, 0.1) is 0 Å². The van der Waals surface area contributed by atoms with E-state index in [0.29, 0.717) is 17.1 Å². The van der Waals surface area contributed by atoms with Gasteiger partial charge in [-0.3, -0.25) is 4.79 Å². The van der Waals surface area contributed by atoms with Crippen molar-refractivity contribution in [3.8, 4) is 23.0 Å². The summed E-state index contributed by atoms with van der Waals surface area (Å²) in [6.45, 7) is 3.44. The van der Waals surface area contributed by atoms with E-state index < -0.39 is 0 Å². The van der Waals surface area contributed by atoms with Gasteiger partial charge in [0.1, 0.15) is 6.10 Å². The maximum atomic E-state index is 11.9. The Morgan fingerprint density at radius 3 is 2.52 bits per heavy atom. The van der Waals surface area contributed by atoms with Gasteiger partial charge in [0.15, 0.2) is 28.8 Å². The van der Waals surface area contributed by atoms with E-state index in [1.54, 1.807) is 24.3 Å². The molecule has 0 saturated heterocycles. The molecule has 0 saturated carbocycles. The third-order valence-electron chi connectivity index (χ3n) is 4.24. The molecule has 2 atom stereocenters.